The molecule has 0 unspecified atom stereocenters. The molecule has 0 aliphatic rings. The zero-order valence-corrected chi connectivity index (χ0v) is 9.35. The lowest BCUT2D eigenvalue weighted by molar-refractivity contribution is -0.274. The number of hydrogen-bond donors (Lipinski definition) is 1. The van der Waals surface area contributed by atoms with E-state index in [4.69, 9.17) is 5.73 Å². The van der Waals surface area contributed by atoms with E-state index in [2.05, 4.69) is 4.74 Å². The highest BCUT2D eigenvalue weighted by molar-refractivity contribution is 5.57. The first-order valence-electron chi connectivity index (χ1n) is 4.86. The quantitative estimate of drug-likeness (QED) is 0.792. The van der Waals surface area contributed by atoms with Gasteiger partial charge in [0, 0.05) is 5.69 Å². The number of rotatable bonds is 2. The largest absolute Gasteiger partial charge is 0.573 e. The molecule has 0 atom stereocenters. The maximum absolute atomic E-state index is 12.1. The van der Waals surface area contributed by atoms with Gasteiger partial charge < -0.3 is 10.5 Å². The van der Waals surface area contributed by atoms with Gasteiger partial charge in [-0.25, -0.2) is 0 Å². The minimum absolute atomic E-state index is 0.0514. The Kier molecular flexibility index (Phi) is 3.35. The van der Waals surface area contributed by atoms with Crippen molar-refractivity contribution < 1.29 is 17.9 Å². The Morgan fingerprint density at radius 1 is 1.25 bits per heavy atom. The molecule has 0 saturated heterocycles. The van der Waals surface area contributed by atoms with Crippen LogP contribution < -0.4 is 10.5 Å². The molecule has 2 N–H and O–H groups in total. The van der Waals surface area contributed by atoms with Gasteiger partial charge >= 0.3 is 6.36 Å². The third-order valence-electron chi connectivity index (χ3n) is 2.25. The summed E-state index contributed by atoms with van der Waals surface area (Å²) in [6.45, 7) is 5.38. The summed E-state index contributed by atoms with van der Waals surface area (Å²) in [6, 6.07) is 2.62. The molecule has 0 radical (unpaired) electrons. The first kappa shape index (κ1) is 12.7. The topological polar surface area (TPSA) is 35.2 Å². The van der Waals surface area contributed by atoms with Crippen LogP contribution in [0.15, 0.2) is 12.1 Å². The molecule has 5 heteroatoms. The number of nitrogens with two attached hydrogens (primary N) is 1. The van der Waals surface area contributed by atoms with Gasteiger partial charge in [-0.05, 0) is 36.1 Å². The maximum Gasteiger partial charge on any atom is 0.573 e. The van der Waals surface area contributed by atoms with E-state index in [1.165, 1.54) is 12.1 Å². The summed E-state index contributed by atoms with van der Waals surface area (Å²) in [4.78, 5) is 0. The highest BCUT2D eigenvalue weighted by Gasteiger charge is 2.31. The van der Waals surface area contributed by atoms with Crippen molar-refractivity contribution in [1.82, 2.24) is 0 Å². The van der Waals surface area contributed by atoms with Crippen LogP contribution in [0.3, 0.4) is 0 Å². The number of anilines is 1. The van der Waals surface area contributed by atoms with Crippen LogP contribution in [0, 0.1) is 6.92 Å². The van der Waals surface area contributed by atoms with Crippen molar-refractivity contribution in [2.75, 3.05) is 5.73 Å². The summed E-state index contributed by atoms with van der Waals surface area (Å²) in [6.07, 6.45) is -4.67. The number of halogens is 3. The van der Waals surface area contributed by atoms with Gasteiger partial charge in [-0.3, -0.25) is 0 Å². The Bertz CT molecular complexity index is 386. The van der Waals surface area contributed by atoms with E-state index < -0.39 is 6.36 Å². The molecule has 16 heavy (non-hydrogen) atoms. The van der Waals surface area contributed by atoms with E-state index in [1.54, 1.807) is 6.92 Å². The normalized spacial score (nSPS) is 11.9. The Labute approximate surface area is 92.2 Å². The molecule has 90 valence electrons. The van der Waals surface area contributed by atoms with Gasteiger partial charge in [0.05, 0.1) is 0 Å². The molecule has 0 amide bonds. The predicted octanol–water partition coefficient (Wildman–Crippen LogP) is 3.60. The average Bonchev–Trinajstić information content (AvgIpc) is 2.07. The average molecular weight is 233 g/mol. The number of alkyl halides is 3. The summed E-state index contributed by atoms with van der Waals surface area (Å²) in [5, 5.41) is 0. The van der Waals surface area contributed by atoms with Crippen LogP contribution in [-0.2, 0) is 0 Å². The Morgan fingerprint density at radius 3 is 2.25 bits per heavy atom. The van der Waals surface area contributed by atoms with Crippen LogP contribution in [0.25, 0.3) is 0 Å². The second kappa shape index (κ2) is 4.23. The Balaban J connectivity index is 3.14. The van der Waals surface area contributed by atoms with Crippen molar-refractivity contribution in [2.45, 2.75) is 33.1 Å². The van der Waals surface area contributed by atoms with Crippen molar-refractivity contribution in [3.8, 4) is 5.75 Å². The fourth-order valence-electron chi connectivity index (χ4n) is 1.46. The molecule has 0 saturated carbocycles. The van der Waals surface area contributed by atoms with E-state index in [9.17, 15) is 13.2 Å². The number of benzene rings is 1. The van der Waals surface area contributed by atoms with Crippen LogP contribution >= 0.6 is 0 Å². The monoisotopic (exact) mass is 233 g/mol. The molecule has 2 nitrogen and oxygen atoms in total. The molecular weight excluding hydrogens is 219 g/mol. The second-order valence-electron chi connectivity index (χ2n) is 3.95. The van der Waals surface area contributed by atoms with Crippen molar-refractivity contribution in [2.24, 2.45) is 0 Å². The fourth-order valence-corrected chi connectivity index (χ4v) is 1.46. The Morgan fingerprint density at radius 2 is 1.81 bits per heavy atom. The van der Waals surface area contributed by atoms with Gasteiger partial charge in [-0.2, -0.15) is 0 Å². The molecule has 0 aromatic heterocycles. The molecule has 0 fully saturated rings. The third-order valence-corrected chi connectivity index (χ3v) is 2.25. The summed E-state index contributed by atoms with van der Waals surface area (Å²) < 4.78 is 40.0. The van der Waals surface area contributed by atoms with Crippen molar-refractivity contribution in [3.63, 3.8) is 0 Å². The SMILES string of the molecule is Cc1cc(OC(F)(F)F)cc(C(C)C)c1N. The van der Waals surface area contributed by atoms with Gasteiger partial charge in [-0.15, -0.1) is 13.2 Å². The van der Waals surface area contributed by atoms with Gasteiger partial charge in [0.15, 0.2) is 0 Å². The van der Waals surface area contributed by atoms with Crippen LogP contribution in [-0.4, -0.2) is 6.36 Å². The Hall–Kier alpha value is -1.39. The van der Waals surface area contributed by atoms with Crippen LogP contribution in [0.5, 0.6) is 5.75 Å². The molecule has 0 spiro atoms. The number of hydrogen-bond acceptors (Lipinski definition) is 2. The lowest BCUT2D eigenvalue weighted by Gasteiger charge is -2.16. The maximum atomic E-state index is 12.1. The second-order valence-corrected chi connectivity index (χ2v) is 3.95. The molecule has 1 aromatic rings. The van der Waals surface area contributed by atoms with E-state index in [-0.39, 0.29) is 11.7 Å². The molecule has 0 bridgehead atoms. The van der Waals surface area contributed by atoms with Crippen molar-refractivity contribution >= 4 is 5.69 Å². The zero-order chi connectivity index (χ0) is 12.5. The van der Waals surface area contributed by atoms with Gasteiger partial charge in [-0.1, -0.05) is 13.8 Å². The molecule has 0 heterocycles. The minimum Gasteiger partial charge on any atom is -0.406 e. The lowest BCUT2D eigenvalue weighted by Crippen LogP contribution is -2.17. The highest BCUT2D eigenvalue weighted by Crippen LogP contribution is 2.32. The third kappa shape index (κ3) is 3.05. The summed E-state index contributed by atoms with van der Waals surface area (Å²) in [5.41, 5.74) is 7.55. The first-order chi connectivity index (χ1) is 7.20. The highest BCUT2D eigenvalue weighted by atomic mass is 19.4. The van der Waals surface area contributed by atoms with Crippen LogP contribution in [0.2, 0.25) is 0 Å². The minimum atomic E-state index is -4.67. The van der Waals surface area contributed by atoms with E-state index in [0.29, 0.717) is 16.8 Å². The summed E-state index contributed by atoms with van der Waals surface area (Å²) in [7, 11) is 0. The van der Waals surface area contributed by atoms with Gasteiger partial charge in [0.1, 0.15) is 5.75 Å². The van der Waals surface area contributed by atoms with Crippen LogP contribution in [0.1, 0.15) is 30.9 Å². The fraction of sp³-hybridized carbons (Fsp3) is 0.455. The van der Waals surface area contributed by atoms with Crippen molar-refractivity contribution in [1.29, 1.82) is 0 Å². The number of aryl methyl sites for hydroxylation is 1. The van der Waals surface area contributed by atoms with E-state index in [1.807, 2.05) is 13.8 Å². The van der Waals surface area contributed by atoms with Crippen LogP contribution in [0.4, 0.5) is 18.9 Å². The van der Waals surface area contributed by atoms with Crippen molar-refractivity contribution in [3.05, 3.63) is 23.3 Å². The van der Waals surface area contributed by atoms with E-state index in [0.717, 1.165) is 0 Å². The molecule has 0 aliphatic carbocycles. The lowest BCUT2D eigenvalue weighted by atomic mass is 9.98. The molecule has 0 aliphatic heterocycles. The molecular formula is C11H14F3NO. The standard InChI is InChI=1S/C11H14F3NO/c1-6(2)9-5-8(16-11(12,13)14)4-7(3)10(9)15/h4-6H,15H2,1-3H3. The smallest absolute Gasteiger partial charge is 0.406 e. The van der Waals surface area contributed by atoms with Gasteiger partial charge in [0.2, 0.25) is 0 Å². The molecule has 1 aromatic carbocycles. The zero-order valence-electron chi connectivity index (χ0n) is 9.35. The summed E-state index contributed by atoms with van der Waals surface area (Å²) in [5.74, 6) is -0.168. The van der Waals surface area contributed by atoms with E-state index >= 15 is 0 Å². The first-order valence-corrected chi connectivity index (χ1v) is 4.86. The number of ether oxygens (including phenoxy) is 1. The predicted molar refractivity (Wildman–Crippen MR) is 56.4 cm³/mol. The van der Waals surface area contributed by atoms with Gasteiger partial charge in [0.25, 0.3) is 0 Å². The molecule has 1 rings (SSSR count). The summed E-state index contributed by atoms with van der Waals surface area (Å²) >= 11 is 0. The number of nitrogen functional groups attached to an aromatic ring is 1.